The summed E-state index contributed by atoms with van der Waals surface area (Å²) in [5.41, 5.74) is 2.21. The van der Waals surface area contributed by atoms with Crippen LogP contribution in [0.3, 0.4) is 0 Å². The van der Waals surface area contributed by atoms with E-state index in [9.17, 15) is 10.1 Å². The Balaban J connectivity index is 1.64. The predicted molar refractivity (Wildman–Crippen MR) is 122 cm³/mol. The number of anilines is 1. The molecule has 0 spiro atoms. The SMILES string of the molecule is CCOc1ccccc1/C=C(\C#N)C(=O)Nc1ccc(OCc2ccc(Cl)cc2)cc1. The lowest BCUT2D eigenvalue weighted by molar-refractivity contribution is -0.112. The molecule has 3 rings (SSSR count). The van der Waals surface area contributed by atoms with E-state index < -0.39 is 5.91 Å². The first-order valence-corrected chi connectivity index (χ1v) is 10.1. The molecule has 0 saturated heterocycles. The van der Waals surface area contributed by atoms with Gasteiger partial charge in [0.05, 0.1) is 6.61 Å². The zero-order valence-corrected chi connectivity index (χ0v) is 17.7. The maximum Gasteiger partial charge on any atom is 0.266 e. The first-order chi connectivity index (χ1) is 15.1. The van der Waals surface area contributed by atoms with Crippen molar-refractivity contribution in [2.24, 2.45) is 0 Å². The van der Waals surface area contributed by atoms with Crippen LogP contribution in [0.2, 0.25) is 5.02 Å². The molecule has 5 nitrogen and oxygen atoms in total. The molecule has 3 aromatic carbocycles. The van der Waals surface area contributed by atoms with Crippen molar-refractivity contribution in [2.45, 2.75) is 13.5 Å². The van der Waals surface area contributed by atoms with E-state index in [1.165, 1.54) is 6.08 Å². The number of nitriles is 1. The van der Waals surface area contributed by atoms with Gasteiger partial charge >= 0.3 is 0 Å². The minimum absolute atomic E-state index is 0.0183. The number of rotatable bonds is 8. The van der Waals surface area contributed by atoms with Crippen molar-refractivity contribution in [3.63, 3.8) is 0 Å². The third-order valence-corrected chi connectivity index (χ3v) is 4.57. The number of nitrogens with one attached hydrogen (secondary N) is 1. The Kier molecular flexibility index (Phi) is 7.69. The van der Waals surface area contributed by atoms with Crippen molar-refractivity contribution in [1.29, 1.82) is 5.26 Å². The van der Waals surface area contributed by atoms with Crippen LogP contribution in [-0.4, -0.2) is 12.5 Å². The highest BCUT2D eigenvalue weighted by Crippen LogP contribution is 2.22. The maximum absolute atomic E-state index is 12.6. The van der Waals surface area contributed by atoms with Gasteiger partial charge < -0.3 is 14.8 Å². The molecule has 0 fully saturated rings. The van der Waals surface area contributed by atoms with Crippen LogP contribution < -0.4 is 14.8 Å². The summed E-state index contributed by atoms with van der Waals surface area (Å²) in [7, 11) is 0. The normalized spacial score (nSPS) is 10.8. The van der Waals surface area contributed by atoms with E-state index in [1.54, 1.807) is 36.4 Å². The van der Waals surface area contributed by atoms with Crippen molar-refractivity contribution >= 4 is 29.3 Å². The minimum atomic E-state index is -0.497. The highest BCUT2D eigenvalue weighted by molar-refractivity contribution is 6.30. The summed E-state index contributed by atoms with van der Waals surface area (Å²) in [5.74, 6) is 0.783. The van der Waals surface area contributed by atoms with E-state index >= 15 is 0 Å². The molecule has 6 heteroatoms. The number of para-hydroxylation sites is 1. The molecule has 0 atom stereocenters. The number of carbonyl (C=O) groups excluding carboxylic acids is 1. The van der Waals surface area contributed by atoms with E-state index in [1.807, 2.05) is 49.4 Å². The second-order valence-corrected chi connectivity index (χ2v) is 6.97. The fourth-order valence-corrected chi connectivity index (χ4v) is 2.90. The van der Waals surface area contributed by atoms with Crippen molar-refractivity contribution in [2.75, 3.05) is 11.9 Å². The Bertz CT molecular complexity index is 1100. The van der Waals surface area contributed by atoms with Gasteiger partial charge in [0.1, 0.15) is 29.7 Å². The molecule has 0 radical (unpaired) electrons. The van der Waals surface area contributed by atoms with Crippen LogP contribution in [0, 0.1) is 11.3 Å². The quantitative estimate of drug-likeness (QED) is 0.357. The Morgan fingerprint density at radius 2 is 1.74 bits per heavy atom. The smallest absolute Gasteiger partial charge is 0.266 e. The molecular weight excluding hydrogens is 412 g/mol. The average Bonchev–Trinajstić information content (AvgIpc) is 2.79. The van der Waals surface area contributed by atoms with Gasteiger partial charge in [0.15, 0.2) is 0 Å². The zero-order chi connectivity index (χ0) is 22.1. The highest BCUT2D eigenvalue weighted by atomic mass is 35.5. The summed E-state index contributed by atoms with van der Waals surface area (Å²) >= 11 is 5.88. The van der Waals surface area contributed by atoms with Crippen LogP contribution in [0.5, 0.6) is 11.5 Å². The number of hydrogen-bond acceptors (Lipinski definition) is 4. The fourth-order valence-electron chi connectivity index (χ4n) is 2.77. The van der Waals surface area contributed by atoms with E-state index in [4.69, 9.17) is 21.1 Å². The predicted octanol–water partition coefficient (Wildman–Crippen LogP) is 5.86. The number of carbonyl (C=O) groups is 1. The number of hydrogen-bond donors (Lipinski definition) is 1. The molecule has 0 unspecified atom stereocenters. The van der Waals surface area contributed by atoms with Crippen LogP contribution in [0.4, 0.5) is 5.69 Å². The van der Waals surface area contributed by atoms with Crippen LogP contribution in [0.15, 0.2) is 78.4 Å². The van der Waals surface area contributed by atoms with Crippen molar-refractivity contribution < 1.29 is 14.3 Å². The summed E-state index contributed by atoms with van der Waals surface area (Å²) in [6.45, 7) is 2.77. The molecule has 0 bridgehead atoms. The third kappa shape index (κ3) is 6.36. The molecular formula is C25H21ClN2O3. The second kappa shape index (κ2) is 10.9. The molecule has 0 aromatic heterocycles. The molecule has 0 aliphatic heterocycles. The largest absolute Gasteiger partial charge is 0.493 e. The number of benzene rings is 3. The molecule has 0 aliphatic rings. The Hall–Kier alpha value is -3.75. The van der Waals surface area contributed by atoms with E-state index in [-0.39, 0.29) is 5.57 Å². The molecule has 3 aromatic rings. The van der Waals surface area contributed by atoms with Crippen molar-refractivity contribution in [3.8, 4) is 17.6 Å². The lowest BCUT2D eigenvalue weighted by Crippen LogP contribution is -2.13. The van der Waals surface area contributed by atoms with Gasteiger partial charge in [-0.1, -0.05) is 41.9 Å². The van der Waals surface area contributed by atoms with Crippen LogP contribution in [0.25, 0.3) is 6.08 Å². The highest BCUT2D eigenvalue weighted by Gasteiger charge is 2.11. The standard InChI is InChI=1S/C25H21ClN2O3/c1-2-30-24-6-4-3-5-19(24)15-20(16-27)25(29)28-22-11-13-23(14-12-22)31-17-18-7-9-21(26)10-8-18/h3-15H,2,17H2,1H3,(H,28,29)/b20-15+. The van der Waals surface area contributed by atoms with E-state index in [0.717, 1.165) is 5.56 Å². The first kappa shape index (κ1) is 21.9. The lowest BCUT2D eigenvalue weighted by atomic mass is 10.1. The third-order valence-electron chi connectivity index (χ3n) is 4.31. The van der Waals surface area contributed by atoms with Gasteiger partial charge in [-0.05, 0) is 61.0 Å². The second-order valence-electron chi connectivity index (χ2n) is 6.53. The number of amides is 1. The molecule has 1 amide bonds. The van der Waals surface area contributed by atoms with Gasteiger partial charge in [-0.3, -0.25) is 4.79 Å². The first-order valence-electron chi connectivity index (χ1n) is 9.71. The van der Waals surface area contributed by atoms with Gasteiger partial charge in [-0.25, -0.2) is 0 Å². The van der Waals surface area contributed by atoms with E-state index in [2.05, 4.69) is 5.32 Å². The monoisotopic (exact) mass is 432 g/mol. The van der Waals surface area contributed by atoms with Gasteiger partial charge in [-0.2, -0.15) is 5.26 Å². The fraction of sp³-hybridized carbons (Fsp3) is 0.120. The van der Waals surface area contributed by atoms with Gasteiger partial charge in [0.25, 0.3) is 5.91 Å². The van der Waals surface area contributed by atoms with Gasteiger partial charge in [0.2, 0.25) is 0 Å². The Labute approximate surface area is 186 Å². The summed E-state index contributed by atoms with van der Waals surface area (Å²) in [6, 6.07) is 23.6. The molecule has 31 heavy (non-hydrogen) atoms. The molecule has 0 saturated carbocycles. The summed E-state index contributed by atoms with van der Waals surface area (Å²) in [5, 5.41) is 12.9. The van der Waals surface area contributed by atoms with Gasteiger partial charge in [-0.15, -0.1) is 0 Å². The van der Waals surface area contributed by atoms with Crippen molar-refractivity contribution in [3.05, 3.63) is 94.5 Å². The minimum Gasteiger partial charge on any atom is -0.493 e. The Morgan fingerprint density at radius 3 is 2.42 bits per heavy atom. The molecule has 156 valence electrons. The van der Waals surface area contributed by atoms with Crippen molar-refractivity contribution in [1.82, 2.24) is 0 Å². The Morgan fingerprint density at radius 1 is 1.03 bits per heavy atom. The molecule has 0 heterocycles. The molecule has 1 N–H and O–H groups in total. The summed E-state index contributed by atoms with van der Waals surface area (Å²) in [6.07, 6.45) is 1.52. The number of nitrogens with zero attached hydrogens (tertiary/aromatic N) is 1. The van der Waals surface area contributed by atoms with Gasteiger partial charge in [0, 0.05) is 16.3 Å². The topological polar surface area (TPSA) is 71.3 Å². The maximum atomic E-state index is 12.6. The van der Waals surface area contributed by atoms with E-state index in [0.29, 0.717) is 41.0 Å². The average molecular weight is 433 g/mol. The van der Waals surface area contributed by atoms with Crippen LogP contribution in [-0.2, 0) is 11.4 Å². The number of halogens is 1. The zero-order valence-electron chi connectivity index (χ0n) is 17.0. The molecule has 0 aliphatic carbocycles. The summed E-state index contributed by atoms with van der Waals surface area (Å²) < 4.78 is 11.3. The van der Waals surface area contributed by atoms with Crippen LogP contribution >= 0.6 is 11.6 Å². The lowest BCUT2D eigenvalue weighted by Gasteiger charge is -2.09. The summed E-state index contributed by atoms with van der Waals surface area (Å²) in [4.78, 5) is 12.6. The number of ether oxygens (including phenoxy) is 2. The van der Waals surface area contributed by atoms with Crippen LogP contribution in [0.1, 0.15) is 18.1 Å².